The lowest BCUT2D eigenvalue weighted by Gasteiger charge is -2.36. The van der Waals surface area contributed by atoms with Gasteiger partial charge in [-0.25, -0.2) is 9.97 Å². The number of aromatic nitrogens is 2. The Balaban J connectivity index is 1.51. The molecule has 0 aromatic carbocycles. The molecular weight excluding hydrogens is 338 g/mol. The van der Waals surface area contributed by atoms with Crippen LogP contribution >= 0.6 is 23.1 Å². The van der Waals surface area contributed by atoms with Crippen LogP contribution in [0.3, 0.4) is 0 Å². The molecule has 4 heterocycles. The number of nitrogens with zero attached hydrogens (tertiary/aromatic N) is 5. The van der Waals surface area contributed by atoms with Crippen molar-refractivity contribution in [1.82, 2.24) is 14.9 Å². The van der Waals surface area contributed by atoms with E-state index in [0.717, 1.165) is 55.6 Å². The maximum Gasteiger partial charge on any atom is 0.159 e. The molecule has 7 heteroatoms. The van der Waals surface area contributed by atoms with Crippen LogP contribution < -0.4 is 4.90 Å². The topological polar surface area (TPSA) is 44.6 Å². The third-order valence-electron chi connectivity index (χ3n) is 4.48. The fourth-order valence-electron chi connectivity index (χ4n) is 3.13. The summed E-state index contributed by atoms with van der Waals surface area (Å²) in [5.74, 6) is 2.05. The smallest absolute Gasteiger partial charge is 0.159 e. The zero-order valence-electron chi connectivity index (χ0n) is 14.4. The molecular formula is C17H23N5S2. The number of hydrogen-bond acceptors (Lipinski definition) is 7. The molecule has 0 saturated carbocycles. The standard InChI is InChI=1S/C17H23N5S2/c1-4-13-19-14(12-5-10-23-15(12)20-13)21-6-8-22(9-7-21)16-18-11-17(2,3)24-16/h5,10H,4,6-9,11H2,1-3H3. The first kappa shape index (κ1) is 16.1. The van der Waals surface area contributed by atoms with E-state index in [0.29, 0.717) is 0 Å². The number of anilines is 1. The molecule has 0 radical (unpaired) electrons. The normalized spacial score (nSPS) is 20.7. The van der Waals surface area contributed by atoms with E-state index in [1.807, 2.05) is 11.8 Å². The number of amidine groups is 1. The van der Waals surface area contributed by atoms with Crippen molar-refractivity contribution in [3.63, 3.8) is 0 Å². The molecule has 0 unspecified atom stereocenters. The zero-order valence-corrected chi connectivity index (χ0v) is 16.1. The van der Waals surface area contributed by atoms with E-state index in [1.165, 1.54) is 10.6 Å². The SMILES string of the molecule is CCc1nc(N2CCN(C3=NCC(C)(C)S3)CC2)c2ccsc2n1. The van der Waals surface area contributed by atoms with Gasteiger partial charge in [-0.05, 0) is 25.3 Å². The molecule has 2 aromatic heterocycles. The minimum Gasteiger partial charge on any atom is -0.352 e. The third-order valence-corrected chi connectivity index (χ3v) is 6.54. The molecule has 1 saturated heterocycles. The van der Waals surface area contributed by atoms with Crippen LogP contribution in [-0.4, -0.2) is 57.5 Å². The van der Waals surface area contributed by atoms with E-state index >= 15 is 0 Å². The van der Waals surface area contributed by atoms with Gasteiger partial charge in [-0.15, -0.1) is 11.3 Å². The van der Waals surface area contributed by atoms with Gasteiger partial charge in [0.25, 0.3) is 0 Å². The van der Waals surface area contributed by atoms with Gasteiger partial charge in [0, 0.05) is 37.3 Å². The minimum absolute atomic E-state index is 0.248. The predicted octanol–water partition coefficient (Wildman–Crippen LogP) is 3.26. The van der Waals surface area contributed by atoms with E-state index in [-0.39, 0.29) is 4.75 Å². The van der Waals surface area contributed by atoms with Gasteiger partial charge in [-0.3, -0.25) is 4.99 Å². The molecule has 0 aliphatic carbocycles. The number of rotatable bonds is 2. The van der Waals surface area contributed by atoms with Crippen molar-refractivity contribution in [2.24, 2.45) is 4.99 Å². The van der Waals surface area contributed by atoms with Gasteiger partial charge in [0.2, 0.25) is 0 Å². The Labute approximate surface area is 151 Å². The maximum absolute atomic E-state index is 4.83. The summed E-state index contributed by atoms with van der Waals surface area (Å²) in [4.78, 5) is 20.2. The number of piperazine rings is 1. The lowest BCUT2D eigenvalue weighted by molar-refractivity contribution is 0.391. The van der Waals surface area contributed by atoms with Crippen molar-refractivity contribution < 1.29 is 0 Å². The number of aryl methyl sites for hydroxylation is 1. The van der Waals surface area contributed by atoms with Crippen LogP contribution in [0.2, 0.25) is 0 Å². The first-order chi connectivity index (χ1) is 11.6. The van der Waals surface area contributed by atoms with E-state index < -0.39 is 0 Å². The highest BCUT2D eigenvalue weighted by Crippen LogP contribution is 2.34. The van der Waals surface area contributed by atoms with E-state index in [2.05, 4.69) is 47.0 Å². The van der Waals surface area contributed by atoms with Gasteiger partial charge < -0.3 is 9.80 Å². The predicted molar refractivity (Wildman–Crippen MR) is 105 cm³/mol. The van der Waals surface area contributed by atoms with Crippen molar-refractivity contribution in [3.8, 4) is 0 Å². The fourth-order valence-corrected chi connectivity index (χ4v) is 4.97. The molecule has 0 spiro atoms. The molecule has 0 N–H and O–H groups in total. The van der Waals surface area contributed by atoms with Crippen LogP contribution in [0.1, 0.15) is 26.6 Å². The fraction of sp³-hybridized carbons (Fsp3) is 0.588. The van der Waals surface area contributed by atoms with E-state index in [9.17, 15) is 0 Å². The number of hydrogen-bond donors (Lipinski definition) is 0. The molecule has 128 valence electrons. The Bertz CT molecular complexity index is 774. The van der Waals surface area contributed by atoms with Crippen molar-refractivity contribution >= 4 is 44.3 Å². The van der Waals surface area contributed by atoms with Crippen LogP contribution in [-0.2, 0) is 6.42 Å². The summed E-state index contributed by atoms with van der Waals surface area (Å²) in [5, 5.41) is 4.53. The average molecular weight is 362 g/mol. The van der Waals surface area contributed by atoms with Crippen molar-refractivity contribution in [3.05, 3.63) is 17.3 Å². The molecule has 24 heavy (non-hydrogen) atoms. The van der Waals surface area contributed by atoms with Crippen molar-refractivity contribution in [2.75, 3.05) is 37.6 Å². The Kier molecular flexibility index (Phi) is 4.16. The zero-order chi connectivity index (χ0) is 16.7. The molecule has 2 aliphatic heterocycles. The van der Waals surface area contributed by atoms with Crippen molar-refractivity contribution in [2.45, 2.75) is 31.9 Å². The molecule has 0 atom stereocenters. The Morgan fingerprint density at radius 3 is 2.54 bits per heavy atom. The number of fused-ring (bicyclic) bond motifs is 1. The van der Waals surface area contributed by atoms with Gasteiger partial charge in [0.15, 0.2) is 5.17 Å². The Hall–Kier alpha value is -1.34. The third kappa shape index (κ3) is 2.99. The minimum atomic E-state index is 0.248. The summed E-state index contributed by atoms with van der Waals surface area (Å²) in [5.41, 5.74) is 0. The van der Waals surface area contributed by atoms with Crippen LogP contribution in [0, 0.1) is 0 Å². The van der Waals surface area contributed by atoms with Gasteiger partial charge in [0.1, 0.15) is 16.5 Å². The van der Waals surface area contributed by atoms with Gasteiger partial charge in [0.05, 0.1) is 11.9 Å². The lowest BCUT2D eigenvalue weighted by atomic mass is 10.2. The largest absolute Gasteiger partial charge is 0.352 e. The van der Waals surface area contributed by atoms with Crippen molar-refractivity contribution in [1.29, 1.82) is 0 Å². The van der Waals surface area contributed by atoms with Gasteiger partial charge in [-0.2, -0.15) is 0 Å². The molecule has 1 fully saturated rings. The molecule has 2 aliphatic rings. The van der Waals surface area contributed by atoms with Gasteiger partial charge in [-0.1, -0.05) is 18.7 Å². The highest BCUT2D eigenvalue weighted by atomic mass is 32.2. The Morgan fingerprint density at radius 2 is 1.88 bits per heavy atom. The lowest BCUT2D eigenvalue weighted by Crippen LogP contribution is -2.48. The summed E-state index contributed by atoms with van der Waals surface area (Å²) in [6.07, 6.45) is 0.878. The van der Waals surface area contributed by atoms with Crippen LogP contribution in [0.15, 0.2) is 16.4 Å². The Morgan fingerprint density at radius 1 is 1.12 bits per heavy atom. The second-order valence-electron chi connectivity index (χ2n) is 6.89. The summed E-state index contributed by atoms with van der Waals surface area (Å²) >= 11 is 3.62. The van der Waals surface area contributed by atoms with E-state index in [4.69, 9.17) is 9.98 Å². The summed E-state index contributed by atoms with van der Waals surface area (Å²) < 4.78 is 0.248. The van der Waals surface area contributed by atoms with Crippen LogP contribution in [0.4, 0.5) is 5.82 Å². The van der Waals surface area contributed by atoms with E-state index in [1.54, 1.807) is 11.3 Å². The first-order valence-corrected chi connectivity index (χ1v) is 10.2. The number of thioether (sulfide) groups is 1. The number of aliphatic imine (C=N–C) groups is 1. The summed E-state index contributed by atoms with van der Waals surface area (Å²) in [6.45, 7) is 11.6. The molecule has 5 nitrogen and oxygen atoms in total. The highest BCUT2D eigenvalue weighted by Gasteiger charge is 2.32. The second-order valence-corrected chi connectivity index (χ2v) is 9.46. The van der Waals surface area contributed by atoms with Crippen LogP contribution in [0.5, 0.6) is 0 Å². The highest BCUT2D eigenvalue weighted by molar-refractivity contribution is 8.15. The molecule has 0 bridgehead atoms. The van der Waals surface area contributed by atoms with Gasteiger partial charge >= 0.3 is 0 Å². The second kappa shape index (κ2) is 6.19. The number of thiophene rings is 1. The summed E-state index contributed by atoms with van der Waals surface area (Å²) in [6, 6.07) is 2.15. The van der Waals surface area contributed by atoms with Crippen LogP contribution in [0.25, 0.3) is 10.2 Å². The average Bonchev–Trinajstić information content (AvgIpc) is 3.20. The first-order valence-electron chi connectivity index (χ1n) is 8.53. The quantitative estimate of drug-likeness (QED) is 0.821. The monoisotopic (exact) mass is 361 g/mol. The maximum atomic E-state index is 4.83. The molecule has 4 rings (SSSR count). The summed E-state index contributed by atoms with van der Waals surface area (Å²) in [7, 11) is 0. The molecule has 2 aromatic rings. The molecule has 0 amide bonds.